The van der Waals surface area contributed by atoms with Crippen molar-refractivity contribution < 1.29 is 9.90 Å². The largest absolute Gasteiger partial charge is 0.480 e. The third kappa shape index (κ3) is 8.16. The predicted molar refractivity (Wildman–Crippen MR) is 71.4 cm³/mol. The van der Waals surface area contributed by atoms with E-state index < -0.39 is 12.0 Å². The predicted octanol–water partition coefficient (Wildman–Crippen LogP) is 1.95. The van der Waals surface area contributed by atoms with Crippen molar-refractivity contribution in [3.63, 3.8) is 0 Å². The van der Waals surface area contributed by atoms with Gasteiger partial charge in [0.1, 0.15) is 6.04 Å². The van der Waals surface area contributed by atoms with Gasteiger partial charge in [-0.25, -0.2) is 0 Å². The molecule has 102 valence electrons. The van der Waals surface area contributed by atoms with E-state index in [1.54, 1.807) is 0 Å². The molecular weight excluding hydrogens is 216 g/mol. The molecule has 0 saturated carbocycles. The molecule has 0 fully saturated rings. The van der Waals surface area contributed by atoms with Gasteiger partial charge in [0.15, 0.2) is 0 Å². The van der Waals surface area contributed by atoms with Gasteiger partial charge in [-0.3, -0.25) is 4.79 Å². The van der Waals surface area contributed by atoms with Crippen LogP contribution in [0.25, 0.3) is 0 Å². The van der Waals surface area contributed by atoms with Gasteiger partial charge >= 0.3 is 5.97 Å². The first-order valence-electron chi connectivity index (χ1n) is 6.84. The van der Waals surface area contributed by atoms with E-state index in [2.05, 4.69) is 24.1 Å². The Hall–Kier alpha value is -0.610. The summed E-state index contributed by atoms with van der Waals surface area (Å²) in [7, 11) is 0. The van der Waals surface area contributed by atoms with E-state index in [9.17, 15) is 4.79 Å². The van der Waals surface area contributed by atoms with Gasteiger partial charge in [-0.1, -0.05) is 33.6 Å². The second-order valence-corrected chi connectivity index (χ2v) is 4.46. The summed E-state index contributed by atoms with van der Waals surface area (Å²) >= 11 is 0. The van der Waals surface area contributed by atoms with Crippen LogP contribution in [0.3, 0.4) is 0 Å². The third-order valence-electron chi connectivity index (χ3n) is 2.85. The van der Waals surface area contributed by atoms with E-state index >= 15 is 0 Å². The highest BCUT2D eigenvalue weighted by Gasteiger charge is 2.19. The zero-order chi connectivity index (χ0) is 13.1. The molecule has 0 aliphatic heterocycles. The molecule has 0 saturated heterocycles. The highest BCUT2D eigenvalue weighted by molar-refractivity contribution is 5.73. The Morgan fingerprint density at radius 1 is 1.18 bits per heavy atom. The molecule has 0 aromatic heterocycles. The second-order valence-electron chi connectivity index (χ2n) is 4.46. The highest BCUT2D eigenvalue weighted by atomic mass is 16.4. The van der Waals surface area contributed by atoms with Crippen molar-refractivity contribution in [1.29, 1.82) is 0 Å². The van der Waals surface area contributed by atoms with Crippen molar-refractivity contribution in [3.05, 3.63) is 0 Å². The van der Waals surface area contributed by atoms with Crippen LogP contribution in [0, 0.1) is 0 Å². The van der Waals surface area contributed by atoms with Gasteiger partial charge in [0.05, 0.1) is 0 Å². The summed E-state index contributed by atoms with van der Waals surface area (Å²) in [5.41, 5.74) is 0. The van der Waals surface area contributed by atoms with Crippen molar-refractivity contribution in [2.45, 2.75) is 52.5 Å². The van der Waals surface area contributed by atoms with Crippen molar-refractivity contribution in [1.82, 2.24) is 10.2 Å². The van der Waals surface area contributed by atoms with Crippen LogP contribution in [0.2, 0.25) is 0 Å². The fourth-order valence-electron chi connectivity index (χ4n) is 1.79. The molecule has 0 aliphatic rings. The number of carboxylic acids is 1. The van der Waals surface area contributed by atoms with E-state index in [-0.39, 0.29) is 0 Å². The SMILES string of the molecule is CCCCN(CCCC)CC(NCC)C(=O)O. The van der Waals surface area contributed by atoms with Crippen molar-refractivity contribution >= 4 is 5.97 Å². The average Bonchev–Trinajstić information content (AvgIpc) is 2.31. The van der Waals surface area contributed by atoms with Crippen LogP contribution in [0.1, 0.15) is 46.5 Å². The summed E-state index contributed by atoms with van der Waals surface area (Å²) < 4.78 is 0. The molecular formula is C13H28N2O2. The van der Waals surface area contributed by atoms with Crippen LogP contribution < -0.4 is 5.32 Å². The average molecular weight is 244 g/mol. The topological polar surface area (TPSA) is 52.6 Å². The summed E-state index contributed by atoms with van der Waals surface area (Å²) in [4.78, 5) is 13.4. The van der Waals surface area contributed by atoms with Crippen LogP contribution in [-0.4, -0.2) is 48.2 Å². The lowest BCUT2D eigenvalue weighted by molar-refractivity contribution is -0.140. The number of unbranched alkanes of at least 4 members (excludes halogenated alkanes) is 2. The van der Waals surface area contributed by atoms with Crippen LogP contribution in [0.5, 0.6) is 0 Å². The summed E-state index contributed by atoms with van der Waals surface area (Å²) in [5, 5.41) is 12.1. The first kappa shape index (κ1) is 16.4. The Bertz CT molecular complexity index is 190. The van der Waals surface area contributed by atoms with Gasteiger partial charge in [0.25, 0.3) is 0 Å². The molecule has 0 amide bonds. The monoisotopic (exact) mass is 244 g/mol. The van der Waals surface area contributed by atoms with Crippen molar-refractivity contribution in [2.24, 2.45) is 0 Å². The molecule has 0 heterocycles. The molecule has 4 heteroatoms. The maximum Gasteiger partial charge on any atom is 0.322 e. The number of nitrogens with zero attached hydrogens (tertiary/aromatic N) is 1. The zero-order valence-corrected chi connectivity index (χ0v) is 11.5. The molecule has 4 nitrogen and oxygen atoms in total. The maximum absolute atomic E-state index is 11.1. The molecule has 0 bridgehead atoms. The van der Waals surface area contributed by atoms with Gasteiger partial charge in [0.2, 0.25) is 0 Å². The Balaban J connectivity index is 4.19. The highest BCUT2D eigenvalue weighted by Crippen LogP contribution is 2.01. The van der Waals surface area contributed by atoms with Gasteiger partial charge in [-0.2, -0.15) is 0 Å². The fraction of sp³-hybridized carbons (Fsp3) is 0.923. The van der Waals surface area contributed by atoms with E-state index in [1.165, 1.54) is 0 Å². The minimum atomic E-state index is -0.746. The van der Waals surface area contributed by atoms with Crippen molar-refractivity contribution in [3.8, 4) is 0 Å². The number of hydrogen-bond donors (Lipinski definition) is 2. The Labute approximate surface area is 105 Å². The van der Waals surface area contributed by atoms with E-state index in [0.717, 1.165) is 38.8 Å². The third-order valence-corrected chi connectivity index (χ3v) is 2.85. The first-order chi connectivity index (χ1) is 8.15. The molecule has 0 spiro atoms. The van der Waals surface area contributed by atoms with Crippen LogP contribution in [0.15, 0.2) is 0 Å². The number of carboxylic acid groups (broad SMARTS) is 1. The molecule has 0 aromatic carbocycles. The normalized spacial score (nSPS) is 12.9. The van der Waals surface area contributed by atoms with Crippen LogP contribution in [-0.2, 0) is 4.79 Å². The van der Waals surface area contributed by atoms with E-state index in [4.69, 9.17) is 5.11 Å². The van der Waals surface area contributed by atoms with E-state index in [1.807, 2.05) is 6.92 Å². The van der Waals surface area contributed by atoms with Crippen LogP contribution >= 0.6 is 0 Å². The lowest BCUT2D eigenvalue weighted by atomic mass is 10.2. The van der Waals surface area contributed by atoms with Gasteiger partial charge in [-0.05, 0) is 32.5 Å². The Morgan fingerprint density at radius 3 is 2.06 bits per heavy atom. The van der Waals surface area contributed by atoms with Gasteiger partial charge in [0, 0.05) is 6.54 Å². The lowest BCUT2D eigenvalue weighted by Gasteiger charge is -2.25. The number of nitrogens with one attached hydrogen (secondary N) is 1. The summed E-state index contributed by atoms with van der Waals surface area (Å²) in [6.45, 7) is 9.60. The van der Waals surface area contributed by atoms with Crippen molar-refractivity contribution in [2.75, 3.05) is 26.2 Å². The Morgan fingerprint density at radius 2 is 1.71 bits per heavy atom. The number of rotatable bonds is 11. The number of likely N-dealkylation sites (N-methyl/N-ethyl adjacent to an activating group) is 1. The number of hydrogen-bond acceptors (Lipinski definition) is 3. The minimum Gasteiger partial charge on any atom is -0.480 e. The molecule has 1 unspecified atom stereocenters. The van der Waals surface area contributed by atoms with Gasteiger partial charge < -0.3 is 15.3 Å². The summed E-state index contributed by atoms with van der Waals surface area (Å²) in [6.07, 6.45) is 4.59. The zero-order valence-electron chi connectivity index (χ0n) is 11.5. The maximum atomic E-state index is 11.1. The smallest absolute Gasteiger partial charge is 0.322 e. The summed E-state index contributed by atoms with van der Waals surface area (Å²) in [6, 6.07) is -0.436. The molecule has 0 aromatic rings. The van der Waals surface area contributed by atoms with E-state index in [0.29, 0.717) is 13.1 Å². The van der Waals surface area contributed by atoms with Crippen LogP contribution in [0.4, 0.5) is 0 Å². The summed E-state index contributed by atoms with van der Waals surface area (Å²) in [5.74, 6) is -0.746. The fourth-order valence-corrected chi connectivity index (χ4v) is 1.79. The standard InChI is InChI=1S/C13H28N2O2/c1-4-7-9-15(10-8-5-2)11-12(13(16)17)14-6-3/h12,14H,4-11H2,1-3H3,(H,16,17). The lowest BCUT2D eigenvalue weighted by Crippen LogP contribution is -2.46. The number of carbonyl (C=O) groups is 1. The molecule has 0 radical (unpaired) electrons. The Kier molecular flexibility index (Phi) is 10.2. The molecule has 0 rings (SSSR count). The molecule has 2 N–H and O–H groups in total. The number of aliphatic carboxylic acids is 1. The molecule has 0 aliphatic carbocycles. The minimum absolute atomic E-state index is 0.436. The second kappa shape index (κ2) is 10.5. The molecule has 1 atom stereocenters. The quantitative estimate of drug-likeness (QED) is 0.583. The van der Waals surface area contributed by atoms with Gasteiger partial charge in [-0.15, -0.1) is 0 Å². The first-order valence-corrected chi connectivity index (χ1v) is 6.84. The molecule has 17 heavy (non-hydrogen) atoms.